The molecular formula is C14H24N2O2. The first-order valence-corrected chi connectivity index (χ1v) is 6.77. The van der Waals surface area contributed by atoms with Gasteiger partial charge in [-0.1, -0.05) is 20.8 Å². The third kappa shape index (κ3) is 3.99. The molecule has 1 amide bonds. The molecule has 1 fully saturated rings. The van der Waals surface area contributed by atoms with Gasteiger partial charge in [-0.05, 0) is 31.1 Å². The largest absolute Gasteiger partial charge is 0.380 e. The van der Waals surface area contributed by atoms with Gasteiger partial charge in [0.25, 0.3) is 0 Å². The lowest BCUT2D eigenvalue weighted by atomic mass is 9.63. The molecule has 0 unspecified atom stereocenters. The minimum absolute atomic E-state index is 0.129. The number of carbonyl (C=O) groups excluding carboxylic acids is 1. The quantitative estimate of drug-likeness (QED) is 0.706. The molecule has 0 radical (unpaired) electrons. The van der Waals surface area contributed by atoms with Crippen LogP contribution in [0.3, 0.4) is 0 Å². The van der Waals surface area contributed by atoms with Crippen LogP contribution in [-0.2, 0) is 9.53 Å². The Balaban J connectivity index is 2.12. The van der Waals surface area contributed by atoms with Gasteiger partial charge in [0.05, 0.1) is 12.7 Å². The van der Waals surface area contributed by atoms with Crippen molar-refractivity contribution >= 4 is 5.91 Å². The van der Waals surface area contributed by atoms with Crippen LogP contribution in [0.25, 0.3) is 0 Å². The van der Waals surface area contributed by atoms with Crippen LogP contribution >= 0.6 is 0 Å². The lowest BCUT2D eigenvalue weighted by Gasteiger charge is -2.39. The molecule has 0 bridgehead atoms. The van der Waals surface area contributed by atoms with Crippen molar-refractivity contribution in [2.24, 2.45) is 17.3 Å². The van der Waals surface area contributed by atoms with E-state index in [4.69, 9.17) is 10.00 Å². The molecule has 0 aromatic rings. The van der Waals surface area contributed by atoms with Crippen molar-refractivity contribution < 1.29 is 9.53 Å². The van der Waals surface area contributed by atoms with Gasteiger partial charge in [0.2, 0.25) is 5.91 Å². The number of carbonyl (C=O) groups is 1. The number of hydrogen-bond acceptors (Lipinski definition) is 3. The highest BCUT2D eigenvalue weighted by molar-refractivity contribution is 5.86. The van der Waals surface area contributed by atoms with Gasteiger partial charge in [0.15, 0.2) is 0 Å². The monoisotopic (exact) mass is 252 g/mol. The second-order valence-electron chi connectivity index (χ2n) is 5.76. The summed E-state index contributed by atoms with van der Waals surface area (Å²) in [5.41, 5.74) is -0.767. The van der Waals surface area contributed by atoms with Crippen LogP contribution in [0, 0.1) is 28.6 Å². The van der Waals surface area contributed by atoms with E-state index in [1.165, 1.54) is 0 Å². The summed E-state index contributed by atoms with van der Waals surface area (Å²) in [6.45, 7) is 8.12. The van der Waals surface area contributed by atoms with Gasteiger partial charge in [-0.3, -0.25) is 4.79 Å². The molecule has 0 saturated heterocycles. The van der Waals surface area contributed by atoms with Gasteiger partial charge in [0, 0.05) is 13.2 Å². The fourth-order valence-corrected chi connectivity index (χ4v) is 2.28. The minimum Gasteiger partial charge on any atom is -0.380 e. The predicted molar refractivity (Wildman–Crippen MR) is 69.7 cm³/mol. The Labute approximate surface area is 110 Å². The first-order valence-electron chi connectivity index (χ1n) is 6.77. The van der Waals surface area contributed by atoms with E-state index in [0.717, 1.165) is 13.0 Å². The molecule has 1 saturated carbocycles. The molecular weight excluding hydrogens is 228 g/mol. The first-order chi connectivity index (χ1) is 8.50. The molecule has 0 aromatic heterocycles. The molecule has 0 aromatic carbocycles. The summed E-state index contributed by atoms with van der Waals surface area (Å²) in [5.74, 6) is 0.992. The average molecular weight is 252 g/mol. The molecule has 1 N–H and O–H groups in total. The first kappa shape index (κ1) is 15.0. The average Bonchev–Trinajstić information content (AvgIpc) is 2.28. The Morgan fingerprint density at radius 3 is 2.67 bits per heavy atom. The number of nitriles is 1. The molecule has 0 heterocycles. The number of amides is 1. The summed E-state index contributed by atoms with van der Waals surface area (Å²) in [6, 6.07) is 2.16. The Morgan fingerprint density at radius 2 is 2.17 bits per heavy atom. The van der Waals surface area contributed by atoms with Crippen molar-refractivity contribution in [2.45, 2.75) is 40.0 Å². The van der Waals surface area contributed by atoms with Crippen molar-refractivity contribution in [3.63, 3.8) is 0 Å². The lowest BCUT2D eigenvalue weighted by Crippen LogP contribution is -2.48. The highest BCUT2D eigenvalue weighted by atomic mass is 16.5. The molecule has 1 aliphatic carbocycles. The van der Waals surface area contributed by atoms with E-state index < -0.39 is 5.41 Å². The molecule has 4 nitrogen and oxygen atoms in total. The van der Waals surface area contributed by atoms with Crippen LogP contribution in [-0.4, -0.2) is 25.7 Å². The van der Waals surface area contributed by atoms with E-state index in [-0.39, 0.29) is 5.91 Å². The molecule has 18 heavy (non-hydrogen) atoms. The zero-order valence-corrected chi connectivity index (χ0v) is 11.7. The number of ether oxygens (including phenoxy) is 1. The Kier molecular flexibility index (Phi) is 5.61. The highest BCUT2D eigenvalue weighted by Gasteiger charge is 2.48. The third-order valence-corrected chi connectivity index (χ3v) is 3.41. The normalized spacial score (nSPS) is 26.5. The minimum atomic E-state index is -0.767. The van der Waals surface area contributed by atoms with Crippen molar-refractivity contribution in [3.8, 4) is 6.07 Å². The van der Waals surface area contributed by atoms with E-state index in [0.29, 0.717) is 37.8 Å². The fraction of sp³-hybridized carbons (Fsp3) is 0.857. The SMILES string of the molecule is CC(C)CCOCCNC(=O)C1(C#N)CC(C)C1. The fourth-order valence-electron chi connectivity index (χ4n) is 2.28. The lowest BCUT2D eigenvalue weighted by molar-refractivity contribution is -0.134. The van der Waals surface area contributed by atoms with Crippen LogP contribution in [0.4, 0.5) is 0 Å². The number of rotatable bonds is 7. The summed E-state index contributed by atoms with van der Waals surface area (Å²) < 4.78 is 5.42. The molecule has 1 aliphatic rings. The van der Waals surface area contributed by atoms with Gasteiger partial charge in [-0.2, -0.15) is 5.26 Å². The van der Waals surface area contributed by atoms with E-state index >= 15 is 0 Å². The van der Waals surface area contributed by atoms with Crippen LogP contribution in [0.15, 0.2) is 0 Å². The highest BCUT2D eigenvalue weighted by Crippen LogP contribution is 2.44. The van der Waals surface area contributed by atoms with Crippen molar-refractivity contribution in [3.05, 3.63) is 0 Å². The predicted octanol–water partition coefficient (Wildman–Crippen LogP) is 2.11. The van der Waals surface area contributed by atoms with E-state index in [1.807, 2.05) is 0 Å². The Bertz CT molecular complexity index is 314. The van der Waals surface area contributed by atoms with Gasteiger partial charge in [0.1, 0.15) is 5.41 Å². The Hall–Kier alpha value is -1.08. The van der Waals surface area contributed by atoms with Gasteiger partial charge in [-0.15, -0.1) is 0 Å². The molecule has 1 rings (SSSR count). The van der Waals surface area contributed by atoms with Crippen molar-refractivity contribution in [1.29, 1.82) is 5.26 Å². The molecule has 0 aliphatic heterocycles. The van der Waals surface area contributed by atoms with E-state index in [2.05, 4.69) is 32.2 Å². The van der Waals surface area contributed by atoms with E-state index in [1.54, 1.807) is 0 Å². The van der Waals surface area contributed by atoms with Crippen LogP contribution in [0.1, 0.15) is 40.0 Å². The Morgan fingerprint density at radius 1 is 1.50 bits per heavy atom. The van der Waals surface area contributed by atoms with Gasteiger partial charge < -0.3 is 10.1 Å². The topological polar surface area (TPSA) is 62.1 Å². The maximum Gasteiger partial charge on any atom is 0.240 e. The summed E-state index contributed by atoms with van der Waals surface area (Å²) in [4.78, 5) is 11.9. The molecule has 4 heteroatoms. The van der Waals surface area contributed by atoms with Gasteiger partial charge >= 0.3 is 0 Å². The van der Waals surface area contributed by atoms with Crippen LogP contribution in [0.5, 0.6) is 0 Å². The number of hydrogen-bond donors (Lipinski definition) is 1. The summed E-state index contributed by atoms with van der Waals surface area (Å²) in [6.07, 6.45) is 2.40. The maximum atomic E-state index is 11.9. The zero-order chi connectivity index (χ0) is 13.6. The zero-order valence-electron chi connectivity index (χ0n) is 11.7. The third-order valence-electron chi connectivity index (χ3n) is 3.41. The molecule has 0 atom stereocenters. The maximum absolute atomic E-state index is 11.9. The van der Waals surface area contributed by atoms with Crippen molar-refractivity contribution in [2.75, 3.05) is 19.8 Å². The van der Waals surface area contributed by atoms with Gasteiger partial charge in [-0.25, -0.2) is 0 Å². The summed E-state index contributed by atoms with van der Waals surface area (Å²) in [5, 5.41) is 11.9. The standard InChI is InChI=1S/C14H24N2O2/c1-11(2)4-6-18-7-5-16-13(17)14(10-15)8-12(3)9-14/h11-12H,4-9H2,1-3H3,(H,16,17). The second kappa shape index (κ2) is 6.75. The summed E-state index contributed by atoms with van der Waals surface area (Å²) in [7, 11) is 0. The molecule has 0 spiro atoms. The smallest absolute Gasteiger partial charge is 0.240 e. The van der Waals surface area contributed by atoms with Crippen LogP contribution in [0.2, 0.25) is 0 Å². The second-order valence-corrected chi connectivity index (χ2v) is 5.76. The van der Waals surface area contributed by atoms with Crippen molar-refractivity contribution in [1.82, 2.24) is 5.32 Å². The van der Waals surface area contributed by atoms with Crippen LogP contribution < -0.4 is 5.32 Å². The number of nitrogens with zero attached hydrogens (tertiary/aromatic N) is 1. The summed E-state index contributed by atoms with van der Waals surface area (Å²) >= 11 is 0. The number of nitrogens with one attached hydrogen (secondary N) is 1. The molecule has 102 valence electrons. The van der Waals surface area contributed by atoms with E-state index in [9.17, 15) is 4.79 Å².